The molecule has 4 aromatic carbocycles. The molecule has 0 aromatic heterocycles. The first-order valence-electron chi connectivity index (χ1n) is 18.2. The van der Waals surface area contributed by atoms with Crippen LogP contribution in [0.5, 0.6) is 17.2 Å². The zero-order valence-electron chi connectivity index (χ0n) is 34.3. The fourth-order valence-corrected chi connectivity index (χ4v) is 6.32. The number of hydrogen-bond donors (Lipinski definition) is 0. The highest BCUT2D eigenvalue weighted by Crippen LogP contribution is 2.39. The lowest BCUT2D eigenvalue weighted by molar-refractivity contribution is 0.103. The zero-order chi connectivity index (χ0) is 38.5. The third-order valence-electron chi connectivity index (χ3n) is 8.52. The molecule has 0 atom stereocenters. The van der Waals surface area contributed by atoms with Crippen LogP contribution in [0.4, 0.5) is 0 Å². The van der Waals surface area contributed by atoms with Crippen molar-refractivity contribution >= 4 is 5.78 Å². The van der Waals surface area contributed by atoms with Crippen LogP contribution in [0.25, 0.3) is 11.1 Å². The summed E-state index contributed by atoms with van der Waals surface area (Å²) in [5, 5.41) is 0. The lowest BCUT2D eigenvalue weighted by Gasteiger charge is -2.28. The molecule has 7 nitrogen and oxygen atoms in total. The van der Waals surface area contributed by atoms with Gasteiger partial charge >= 0.3 is 0 Å². The standard InChI is InChI=1S/C45H62N4O3/c1-44(2,3)39-19-15-31(16-20-39)41(50)32-17-21-40(22-18-32)51-42-35(27-46(7)8)23-33(24-36(42)28-47(9)10)34-25-37(29-48(11)12)43(52-45(4,5)6)38(26-34)30-49(13)14/h15-26H,27-30H2,1-14H3. The van der Waals surface area contributed by atoms with Gasteiger partial charge in [-0.05, 0) is 148 Å². The minimum atomic E-state index is -0.330. The van der Waals surface area contributed by atoms with Gasteiger partial charge in [-0.1, -0.05) is 45.0 Å². The maximum Gasteiger partial charge on any atom is 0.193 e. The average molecular weight is 707 g/mol. The van der Waals surface area contributed by atoms with Crippen LogP contribution in [-0.2, 0) is 31.6 Å². The highest BCUT2D eigenvalue weighted by Gasteiger charge is 2.23. The smallest absolute Gasteiger partial charge is 0.193 e. The van der Waals surface area contributed by atoms with Crippen LogP contribution in [0.15, 0.2) is 72.8 Å². The van der Waals surface area contributed by atoms with E-state index in [1.807, 2.05) is 48.5 Å². The molecule has 7 heteroatoms. The van der Waals surface area contributed by atoms with Gasteiger partial charge in [0, 0.05) is 59.6 Å². The van der Waals surface area contributed by atoms with Gasteiger partial charge in [-0.2, -0.15) is 0 Å². The first-order chi connectivity index (χ1) is 24.2. The predicted molar refractivity (Wildman–Crippen MR) is 217 cm³/mol. The van der Waals surface area contributed by atoms with Crippen LogP contribution in [-0.4, -0.2) is 87.4 Å². The van der Waals surface area contributed by atoms with Gasteiger partial charge in [-0.25, -0.2) is 0 Å². The van der Waals surface area contributed by atoms with Crippen molar-refractivity contribution in [2.24, 2.45) is 0 Å². The van der Waals surface area contributed by atoms with Gasteiger partial charge in [-0.15, -0.1) is 0 Å². The van der Waals surface area contributed by atoms with E-state index in [0.717, 1.165) is 58.0 Å². The molecule has 0 bridgehead atoms. The molecule has 0 saturated heterocycles. The Bertz CT molecular complexity index is 1750. The minimum absolute atomic E-state index is 0.000790. The van der Waals surface area contributed by atoms with Crippen molar-refractivity contribution in [2.45, 2.75) is 78.7 Å². The Labute approximate surface area is 314 Å². The van der Waals surface area contributed by atoms with Gasteiger partial charge in [-0.3, -0.25) is 4.79 Å². The van der Waals surface area contributed by atoms with Crippen LogP contribution >= 0.6 is 0 Å². The SMILES string of the molecule is CN(C)Cc1cc(-c2cc(CN(C)C)c(OC(C)(C)C)c(CN(C)C)c2)cc(CN(C)C)c1Oc1ccc(C(=O)c2ccc(C(C)(C)C)cc2)cc1. The van der Waals surface area contributed by atoms with Crippen molar-refractivity contribution in [3.05, 3.63) is 112 Å². The highest BCUT2D eigenvalue weighted by molar-refractivity contribution is 6.09. The normalized spacial score (nSPS) is 12.3. The molecule has 0 N–H and O–H groups in total. The van der Waals surface area contributed by atoms with E-state index in [2.05, 4.69) is 142 Å². The number of ether oxygens (including phenoxy) is 2. The number of carbonyl (C=O) groups excluding carboxylic acids is 1. The number of hydrogen-bond acceptors (Lipinski definition) is 7. The van der Waals surface area contributed by atoms with E-state index in [1.165, 1.54) is 5.56 Å². The van der Waals surface area contributed by atoms with Crippen molar-refractivity contribution in [3.8, 4) is 28.4 Å². The Balaban J connectivity index is 1.79. The molecule has 0 aliphatic carbocycles. The van der Waals surface area contributed by atoms with E-state index >= 15 is 0 Å². The van der Waals surface area contributed by atoms with E-state index in [4.69, 9.17) is 9.47 Å². The van der Waals surface area contributed by atoms with E-state index in [1.54, 1.807) is 0 Å². The van der Waals surface area contributed by atoms with Crippen LogP contribution < -0.4 is 9.47 Å². The summed E-state index contributed by atoms with van der Waals surface area (Å²) in [5.41, 5.74) is 9.03. The molecule has 52 heavy (non-hydrogen) atoms. The van der Waals surface area contributed by atoms with Crippen LogP contribution in [0.1, 0.15) is 85.3 Å². The third-order valence-corrected chi connectivity index (χ3v) is 8.52. The summed E-state index contributed by atoms with van der Waals surface area (Å²) in [4.78, 5) is 22.1. The van der Waals surface area contributed by atoms with Crippen molar-refractivity contribution in [2.75, 3.05) is 56.4 Å². The molecule has 4 aromatic rings. The van der Waals surface area contributed by atoms with E-state index in [-0.39, 0.29) is 16.8 Å². The van der Waals surface area contributed by atoms with Gasteiger partial charge in [0.1, 0.15) is 22.8 Å². The Morgan fingerprint density at radius 2 is 0.865 bits per heavy atom. The molecule has 0 spiro atoms. The molecule has 0 aliphatic rings. The van der Waals surface area contributed by atoms with Crippen LogP contribution in [0.2, 0.25) is 0 Å². The molecule has 0 saturated carbocycles. The van der Waals surface area contributed by atoms with Crippen LogP contribution in [0, 0.1) is 0 Å². The van der Waals surface area contributed by atoms with Crippen molar-refractivity contribution in [1.82, 2.24) is 19.6 Å². The molecule has 0 unspecified atom stereocenters. The molecular formula is C45H62N4O3. The Morgan fingerprint density at radius 1 is 0.519 bits per heavy atom. The Hall–Kier alpha value is -4.01. The lowest BCUT2D eigenvalue weighted by Crippen LogP contribution is -2.26. The second-order valence-corrected chi connectivity index (χ2v) is 17.2. The van der Waals surface area contributed by atoms with E-state index < -0.39 is 0 Å². The van der Waals surface area contributed by atoms with Gasteiger partial charge in [0.25, 0.3) is 0 Å². The van der Waals surface area contributed by atoms with Gasteiger partial charge in [0.15, 0.2) is 5.78 Å². The summed E-state index contributed by atoms with van der Waals surface area (Å²) in [6.45, 7) is 15.8. The van der Waals surface area contributed by atoms with Gasteiger partial charge in [0.2, 0.25) is 0 Å². The maximum atomic E-state index is 13.4. The fraction of sp³-hybridized carbons (Fsp3) is 0.444. The van der Waals surface area contributed by atoms with Crippen LogP contribution in [0.3, 0.4) is 0 Å². The number of carbonyl (C=O) groups is 1. The van der Waals surface area contributed by atoms with Crippen molar-refractivity contribution in [1.29, 1.82) is 0 Å². The zero-order valence-corrected chi connectivity index (χ0v) is 34.3. The molecule has 280 valence electrons. The van der Waals surface area contributed by atoms with Crippen molar-refractivity contribution < 1.29 is 14.3 Å². The molecular weight excluding hydrogens is 645 g/mol. The minimum Gasteiger partial charge on any atom is -0.487 e. The topological polar surface area (TPSA) is 48.5 Å². The molecule has 0 radical (unpaired) electrons. The second-order valence-electron chi connectivity index (χ2n) is 17.2. The van der Waals surface area contributed by atoms with E-state index in [0.29, 0.717) is 30.0 Å². The highest BCUT2D eigenvalue weighted by atomic mass is 16.5. The van der Waals surface area contributed by atoms with E-state index in [9.17, 15) is 4.79 Å². The molecule has 0 amide bonds. The predicted octanol–water partition coefficient (Wildman–Crippen LogP) is 9.10. The van der Waals surface area contributed by atoms with Gasteiger partial charge < -0.3 is 29.1 Å². The number of benzene rings is 4. The molecule has 0 aliphatic heterocycles. The summed E-state index contributed by atoms with van der Waals surface area (Å²) >= 11 is 0. The molecule has 0 fully saturated rings. The lowest BCUT2D eigenvalue weighted by atomic mass is 9.86. The summed E-state index contributed by atoms with van der Waals surface area (Å²) in [6, 6.07) is 24.6. The second kappa shape index (κ2) is 16.8. The summed E-state index contributed by atoms with van der Waals surface area (Å²) in [5.74, 6) is 2.50. The van der Waals surface area contributed by atoms with Crippen molar-refractivity contribution in [3.63, 3.8) is 0 Å². The average Bonchev–Trinajstić information content (AvgIpc) is 3.02. The largest absolute Gasteiger partial charge is 0.487 e. The summed E-state index contributed by atoms with van der Waals surface area (Å²) in [7, 11) is 16.7. The van der Waals surface area contributed by atoms with Gasteiger partial charge in [0.05, 0.1) is 0 Å². The summed E-state index contributed by atoms with van der Waals surface area (Å²) in [6.07, 6.45) is 0. The number of nitrogens with zero attached hydrogens (tertiary/aromatic N) is 4. The maximum absolute atomic E-state index is 13.4. The number of rotatable bonds is 14. The fourth-order valence-electron chi connectivity index (χ4n) is 6.32. The first kappa shape index (κ1) is 40.8. The quantitative estimate of drug-likeness (QED) is 0.121. The molecule has 0 heterocycles. The summed E-state index contributed by atoms with van der Waals surface area (Å²) < 4.78 is 13.4. The first-order valence-corrected chi connectivity index (χ1v) is 18.2. The Morgan fingerprint density at radius 3 is 1.19 bits per heavy atom. The molecule has 4 rings (SSSR count). The Kier molecular flexibility index (Phi) is 13.1. The monoisotopic (exact) mass is 706 g/mol. The third kappa shape index (κ3) is 11.2. The number of ketones is 1.